The predicted octanol–water partition coefficient (Wildman–Crippen LogP) is 0.881. The van der Waals surface area contributed by atoms with Gasteiger partial charge in [-0.05, 0) is 31.9 Å². The molecule has 0 aromatic heterocycles. The van der Waals surface area contributed by atoms with Crippen LogP contribution in [0.5, 0.6) is 5.75 Å². The quantitative estimate of drug-likeness (QED) is 0.717. The molecule has 0 radical (unpaired) electrons. The van der Waals surface area contributed by atoms with Crippen LogP contribution in [0.25, 0.3) is 0 Å². The summed E-state index contributed by atoms with van der Waals surface area (Å²) >= 11 is 0. The minimum Gasteiger partial charge on any atom is -0.491 e. The molecular formula is C14H21NO4. The van der Waals surface area contributed by atoms with Crippen LogP contribution in [0, 0.1) is 0 Å². The lowest BCUT2D eigenvalue weighted by Gasteiger charge is -2.23. The third kappa shape index (κ3) is 4.54. The van der Waals surface area contributed by atoms with E-state index in [0.29, 0.717) is 12.2 Å². The number of carbonyl (C=O) groups excluding carboxylic acids is 1. The Morgan fingerprint density at radius 3 is 2.74 bits per heavy atom. The van der Waals surface area contributed by atoms with Crippen molar-refractivity contribution < 1.29 is 19.4 Å². The summed E-state index contributed by atoms with van der Waals surface area (Å²) in [7, 11) is 0. The lowest BCUT2D eigenvalue weighted by atomic mass is 10.1. The molecule has 1 atom stereocenters. The van der Waals surface area contributed by atoms with Gasteiger partial charge in [0.15, 0.2) is 0 Å². The fourth-order valence-electron chi connectivity index (χ4n) is 1.55. The first-order chi connectivity index (χ1) is 9.01. The highest BCUT2D eigenvalue weighted by atomic mass is 16.5. The van der Waals surface area contributed by atoms with Crippen molar-refractivity contribution in [1.82, 2.24) is 0 Å². The normalized spacial score (nSPS) is 13.7. The van der Waals surface area contributed by atoms with Crippen molar-refractivity contribution in [3.05, 3.63) is 29.8 Å². The second-order valence-electron chi connectivity index (χ2n) is 4.51. The monoisotopic (exact) mass is 267 g/mol. The van der Waals surface area contributed by atoms with E-state index in [2.05, 4.69) is 0 Å². The number of carbonyl (C=O) groups is 1. The van der Waals surface area contributed by atoms with Gasteiger partial charge in [-0.1, -0.05) is 18.2 Å². The summed E-state index contributed by atoms with van der Waals surface area (Å²) in [4.78, 5) is 11.6. The molecule has 0 amide bonds. The zero-order valence-electron chi connectivity index (χ0n) is 11.4. The molecule has 19 heavy (non-hydrogen) atoms. The minimum absolute atomic E-state index is 0.0221. The van der Waals surface area contributed by atoms with Crippen molar-refractivity contribution in [3.8, 4) is 5.75 Å². The average Bonchev–Trinajstić information content (AvgIpc) is 2.38. The minimum atomic E-state index is -1.19. The first-order valence-electron chi connectivity index (χ1n) is 6.29. The molecule has 1 rings (SSSR count). The maximum Gasteiger partial charge on any atom is 0.329 e. The third-order valence-electron chi connectivity index (χ3n) is 2.62. The van der Waals surface area contributed by atoms with Crippen molar-refractivity contribution in [2.45, 2.75) is 25.8 Å². The van der Waals surface area contributed by atoms with Gasteiger partial charge in [-0.15, -0.1) is 0 Å². The van der Waals surface area contributed by atoms with Gasteiger partial charge in [0.05, 0.1) is 6.61 Å². The summed E-state index contributed by atoms with van der Waals surface area (Å²) in [6.45, 7) is 3.64. The first-order valence-corrected chi connectivity index (χ1v) is 6.29. The van der Waals surface area contributed by atoms with Gasteiger partial charge in [0, 0.05) is 6.61 Å². The SMILES string of the molecule is CCOC(=O)C(C)(N)COc1ccccc1CCO. The maximum absolute atomic E-state index is 11.6. The largest absolute Gasteiger partial charge is 0.491 e. The Bertz CT molecular complexity index is 418. The number of hydrogen-bond acceptors (Lipinski definition) is 5. The van der Waals surface area contributed by atoms with Gasteiger partial charge in [-0.25, -0.2) is 4.79 Å². The molecule has 0 aliphatic rings. The Kier molecular flexibility index (Phi) is 5.79. The van der Waals surface area contributed by atoms with Crippen LogP contribution in [0.3, 0.4) is 0 Å². The van der Waals surface area contributed by atoms with Crippen LogP contribution >= 0.6 is 0 Å². The second-order valence-corrected chi connectivity index (χ2v) is 4.51. The highest BCUT2D eigenvalue weighted by Crippen LogP contribution is 2.19. The summed E-state index contributed by atoms with van der Waals surface area (Å²) in [5, 5.41) is 8.98. The molecule has 5 nitrogen and oxygen atoms in total. The van der Waals surface area contributed by atoms with Crippen LogP contribution < -0.4 is 10.5 Å². The molecule has 3 N–H and O–H groups in total. The number of ether oxygens (including phenoxy) is 2. The van der Waals surface area contributed by atoms with Crippen LogP contribution in [0.2, 0.25) is 0 Å². The van der Waals surface area contributed by atoms with Crippen molar-refractivity contribution >= 4 is 5.97 Å². The predicted molar refractivity (Wildman–Crippen MR) is 72.0 cm³/mol. The van der Waals surface area contributed by atoms with Crippen LogP contribution in [0.15, 0.2) is 24.3 Å². The van der Waals surface area contributed by atoms with Crippen molar-refractivity contribution in [2.75, 3.05) is 19.8 Å². The summed E-state index contributed by atoms with van der Waals surface area (Å²) in [5.74, 6) is 0.132. The molecular weight excluding hydrogens is 246 g/mol. The van der Waals surface area contributed by atoms with Gasteiger partial charge < -0.3 is 20.3 Å². The molecule has 1 aromatic rings. The molecule has 5 heteroatoms. The standard InChI is InChI=1S/C14H21NO4/c1-3-18-13(17)14(2,15)10-19-12-7-5-4-6-11(12)8-9-16/h4-7,16H,3,8-10,15H2,1-2H3. The van der Waals surface area contributed by atoms with E-state index in [1.807, 2.05) is 18.2 Å². The number of rotatable bonds is 7. The molecule has 0 saturated carbocycles. The fraction of sp³-hybridized carbons (Fsp3) is 0.500. The van der Waals surface area contributed by atoms with E-state index in [4.69, 9.17) is 20.3 Å². The van der Waals surface area contributed by atoms with E-state index < -0.39 is 11.5 Å². The van der Waals surface area contributed by atoms with Gasteiger partial charge >= 0.3 is 5.97 Å². The number of para-hydroxylation sites is 1. The lowest BCUT2D eigenvalue weighted by Crippen LogP contribution is -2.51. The van der Waals surface area contributed by atoms with Gasteiger partial charge in [-0.2, -0.15) is 0 Å². The van der Waals surface area contributed by atoms with E-state index >= 15 is 0 Å². The topological polar surface area (TPSA) is 81.8 Å². The van der Waals surface area contributed by atoms with E-state index in [9.17, 15) is 4.79 Å². The van der Waals surface area contributed by atoms with Crippen LogP contribution in [0.4, 0.5) is 0 Å². The molecule has 1 aromatic carbocycles. The Morgan fingerprint density at radius 2 is 2.11 bits per heavy atom. The van der Waals surface area contributed by atoms with E-state index in [-0.39, 0.29) is 19.8 Å². The number of aliphatic hydroxyl groups is 1. The molecule has 0 aliphatic heterocycles. The number of esters is 1. The van der Waals surface area contributed by atoms with E-state index in [0.717, 1.165) is 5.56 Å². The number of nitrogens with two attached hydrogens (primary N) is 1. The molecule has 106 valence electrons. The number of hydrogen-bond donors (Lipinski definition) is 2. The summed E-state index contributed by atoms with van der Waals surface area (Å²) < 4.78 is 10.5. The Hall–Kier alpha value is -1.59. The molecule has 0 spiro atoms. The zero-order valence-corrected chi connectivity index (χ0v) is 11.4. The van der Waals surface area contributed by atoms with Crippen LogP contribution in [-0.2, 0) is 16.0 Å². The Morgan fingerprint density at radius 1 is 1.42 bits per heavy atom. The molecule has 0 aliphatic carbocycles. The Balaban J connectivity index is 2.68. The van der Waals surface area contributed by atoms with E-state index in [1.54, 1.807) is 19.9 Å². The smallest absolute Gasteiger partial charge is 0.329 e. The van der Waals surface area contributed by atoms with Gasteiger partial charge in [0.2, 0.25) is 0 Å². The highest BCUT2D eigenvalue weighted by molar-refractivity contribution is 5.80. The van der Waals surface area contributed by atoms with E-state index in [1.165, 1.54) is 0 Å². The summed E-state index contributed by atoms with van der Waals surface area (Å²) in [5.41, 5.74) is 5.56. The molecule has 1 unspecified atom stereocenters. The zero-order chi connectivity index (χ0) is 14.3. The van der Waals surface area contributed by atoms with Gasteiger partial charge in [-0.3, -0.25) is 0 Å². The highest BCUT2D eigenvalue weighted by Gasteiger charge is 2.31. The van der Waals surface area contributed by atoms with Crippen molar-refractivity contribution in [1.29, 1.82) is 0 Å². The molecule has 0 saturated heterocycles. The summed E-state index contributed by atoms with van der Waals surface area (Å²) in [6.07, 6.45) is 0.497. The first kappa shape index (κ1) is 15.5. The number of benzene rings is 1. The Labute approximate surface area is 113 Å². The molecule has 0 heterocycles. The molecule has 0 fully saturated rings. The molecule has 0 bridgehead atoms. The van der Waals surface area contributed by atoms with Crippen molar-refractivity contribution in [2.24, 2.45) is 5.73 Å². The van der Waals surface area contributed by atoms with Gasteiger partial charge in [0.25, 0.3) is 0 Å². The second kappa shape index (κ2) is 7.11. The van der Waals surface area contributed by atoms with Gasteiger partial charge in [0.1, 0.15) is 17.9 Å². The third-order valence-corrected chi connectivity index (χ3v) is 2.62. The average molecular weight is 267 g/mol. The van der Waals surface area contributed by atoms with Crippen LogP contribution in [-0.4, -0.2) is 36.4 Å². The summed E-state index contributed by atoms with van der Waals surface area (Å²) in [6, 6.07) is 7.34. The maximum atomic E-state index is 11.6. The van der Waals surface area contributed by atoms with Crippen LogP contribution in [0.1, 0.15) is 19.4 Å². The fourth-order valence-corrected chi connectivity index (χ4v) is 1.55. The lowest BCUT2D eigenvalue weighted by molar-refractivity contribution is -0.150. The van der Waals surface area contributed by atoms with Crippen molar-refractivity contribution in [3.63, 3.8) is 0 Å². The number of aliphatic hydroxyl groups excluding tert-OH is 1.